The number of benzene rings is 3. The second-order valence-corrected chi connectivity index (χ2v) is 8.79. The number of hydrogen-bond acceptors (Lipinski definition) is 6. The van der Waals surface area contributed by atoms with Crippen LogP contribution in [0.4, 0.5) is 0 Å². The molecule has 1 N–H and O–H groups in total. The van der Waals surface area contributed by atoms with Crippen molar-refractivity contribution in [1.82, 2.24) is 4.72 Å². The molecule has 4 aromatic rings. The van der Waals surface area contributed by atoms with Crippen LogP contribution in [0.2, 0.25) is 0 Å². The van der Waals surface area contributed by atoms with Crippen molar-refractivity contribution in [3.05, 3.63) is 82.7 Å². The van der Waals surface area contributed by atoms with Crippen LogP contribution < -0.4 is 15.1 Å². The lowest BCUT2D eigenvalue weighted by atomic mass is 10.1. The molecule has 158 valence electrons. The van der Waals surface area contributed by atoms with Crippen LogP contribution >= 0.6 is 0 Å². The van der Waals surface area contributed by atoms with Gasteiger partial charge >= 0.3 is 11.6 Å². The first-order valence-electron chi connectivity index (χ1n) is 9.56. The molecule has 0 amide bonds. The second kappa shape index (κ2) is 8.33. The molecule has 0 bridgehead atoms. The SMILES string of the molecule is Cc1ccc(S(=O)(=O)NCCC(=O)Oc2ccc3c(c2)oc(=O)c2ccccc23)cc1. The van der Waals surface area contributed by atoms with Gasteiger partial charge in [-0.3, -0.25) is 4.79 Å². The summed E-state index contributed by atoms with van der Waals surface area (Å²) >= 11 is 0. The summed E-state index contributed by atoms with van der Waals surface area (Å²) in [5, 5.41) is 1.94. The van der Waals surface area contributed by atoms with Crippen molar-refractivity contribution in [3.8, 4) is 5.75 Å². The van der Waals surface area contributed by atoms with Crippen molar-refractivity contribution >= 4 is 37.7 Å². The number of hydrogen-bond donors (Lipinski definition) is 1. The minimum absolute atomic E-state index is 0.109. The molecule has 31 heavy (non-hydrogen) atoms. The smallest absolute Gasteiger partial charge is 0.344 e. The van der Waals surface area contributed by atoms with Crippen molar-refractivity contribution in [2.45, 2.75) is 18.2 Å². The van der Waals surface area contributed by atoms with E-state index >= 15 is 0 Å². The molecule has 0 unspecified atom stereocenters. The van der Waals surface area contributed by atoms with Crippen molar-refractivity contribution in [2.24, 2.45) is 0 Å². The van der Waals surface area contributed by atoms with Gasteiger partial charge in [-0.2, -0.15) is 0 Å². The molecule has 0 spiro atoms. The Morgan fingerprint density at radius 2 is 1.68 bits per heavy atom. The molecule has 7 nitrogen and oxygen atoms in total. The van der Waals surface area contributed by atoms with E-state index in [0.29, 0.717) is 11.0 Å². The van der Waals surface area contributed by atoms with Crippen molar-refractivity contribution < 1.29 is 22.4 Å². The number of ether oxygens (including phenoxy) is 1. The van der Waals surface area contributed by atoms with Gasteiger partial charge in [-0.05, 0) is 42.6 Å². The maximum Gasteiger partial charge on any atom is 0.344 e. The van der Waals surface area contributed by atoms with Crippen LogP contribution in [0.15, 0.2) is 80.8 Å². The monoisotopic (exact) mass is 437 g/mol. The quantitative estimate of drug-likeness (QED) is 0.214. The molecule has 0 saturated heterocycles. The highest BCUT2D eigenvalue weighted by Gasteiger charge is 2.15. The van der Waals surface area contributed by atoms with Gasteiger partial charge < -0.3 is 9.15 Å². The molecule has 0 atom stereocenters. The normalized spacial score (nSPS) is 11.6. The van der Waals surface area contributed by atoms with Crippen LogP contribution in [0.25, 0.3) is 21.7 Å². The third-order valence-corrected chi connectivity index (χ3v) is 6.25. The summed E-state index contributed by atoms with van der Waals surface area (Å²) in [5.41, 5.74) is 0.771. The van der Waals surface area contributed by atoms with Gasteiger partial charge in [0, 0.05) is 18.0 Å². The number of carbonyl (C=O) groups is 1. The molecule has 3 aromatic carbocycles. The Kier molecular flexibility index (Phi) is 5.58. The van der Waals surface area contributed by atoms with Crippen LogP contribution in [0.1, 0.15) is 12.0 Å². The number of carbonyl (C=O) groups excluding carboxylic acids is 1. The zero-order chi connectivity index (χ0) is 22.0. The highest BCUT2D eigenvalue weighted by molar-refractivity contribution is 7.89. The third-order valence-electron chi connectivity index (χ3n) is 4.78. The van der Waals surface area contributed by atoms with Crippen LogP contribution in [0.3, 0.4) is 0 Å². The largest absolute Gasteiger partial charge is 0.426 e. The average Bonchev–Trinajstić information content (AvgIpc) is 2.74. The van der Waals surface area contributed by atoms with Gasteiger partial charge in [0.2, 0.25) is 10.0 Å². The highest BCUT2D eigenvalue weighted by atomic mass is 32.2. The molecular formula is C23H19NO6S. The third kappa shape index (κ3) is 4.50. The Bertz CT molecular complexity index is 1440. The number of sulfonamides is 1. The van der Waals surface area contributed by atoms with Gasteiger partial charge in [0.25, 0.3) is 0 Å². The summed E-state index contributed by atoms with van der Waals surface area (Å²) in [4.78, 5) is 24.4. The van der Waals surface area contributed by atoms with Gasteiger partial charge in [-0.15, -0.1) is 0 Å². The zero-order valence-electron chi connectivity index (χ0n) is 16.6. The maximum absolute atomic E-state index is 12.3. The molecule has 0 fully saturated rings. The van der Waals surface area contributed by atoms with Crippen molar-refractivity contribution in [1.29, 1.82) is 0 Å². The molecule has 0 aliphatic rings. The lowest BCUT2D eigenvalue weighted by Crippen LogP contribution is -2.27. The van der Waals surface area contributed by atoms with Gasteiger partial charge in [-0.25, -0.2) is 17.9 Å². The maximum atomic E-state index is 12.3. The predicted molar refractivity (Wildman–Crippen MR) is 117 cm³/mol. The summed E-state index contributed by atoms with van der Waals surface area (Å²) < 4.78 is 37.5. The van der Waals surface area contributed by atoms with Gasteiger partial charge in [0.1, 0.15) is 11.3 Å². The van der Waals surface area contributed by atoms with E-state index in [1.165, 1.54) is 18.2 Å². The van der Waals surface area contributed by atoms with Crippen molar-refractivity contribution in [3.63, 3.8) is 0 Å². The molecule has 8 heteroatoms. The number of fused-ring (bicyclic) bond motifs is 3. The van der Waals surface area contributed by atoms with E-state index in [2.05, 4.69) is 4.72 Å². The lowest BCUT2D eigenvalue weighted by Gasteiger charge is -2.08. The standard InChI is InChI=1S/C23H19NO6S/c1-15-6-9-17(10-7-15)31(27,28)24-13-12-22(25)29-16-8-11-19-18-4-2-3-5-20(18)23(26)30-21(19)14-16/h2-11,14,24H,12-13H2,1H3. The molecular weight excluding hydrogens is 418 g/mol. The fourth-order valence-corrected chi connectivity index (χ4v) is 4.23. The molecule has 0 aliphatic carbocycles. The van der Waals surface area contributed by atoms with E-state index in [9.17, 15) is 18.0 Å². The Balaban J connectivity index is 1.43. The van der Waals surface area contributed by atoms with E-state index < -0.39 is 21.6 Å². The van der Waals surface area contributed by atoms with Crippen LogP contribution in [0, 0.1) is 6.92 Å². The summed E-state index contributed by atoms with van der Waals surface area (Å²) in [5.74, 6) is -0.411. The Morgan fingerprint density at radius 1 is 0.968 bits per heavy atom. The van der Waals surface area contributed by atoms with Crippen LogP contribution in [0.5, 0.6) is 5.75 Å². The minimum Gasteiger partial charge on any atom is -0.426 e. The molecule has 4 rings (SSSR count). The number of rotatable bonds is 6. The van der Waals surface area contributed by atoms with Gasteiger partial charge in [0.05, 0.1) is 16.7 Å². The number of aryl methyl sites for hydroxylation is 1. The molecule has 0 radical (unpaired) electrons. The summed E-state index contributed by atoms with van der Waals surface area (Å²) in [6.45, 7) is 1.75. The van der Waals surface area contributed by atoms with Gasteiger partial charge in [0.15, 0.2) is 0 Å². The first-order valence-corrected chi connectivity index (χ1v) is 11.0. The van der Waals surface area contributed by atoms with E-state index in [-0.39, 0.29) is 23.6 Å². The van der Waals surface area contributed by atoms with E-state index in [1.54, 1.807) is 36.4 Å². The first-order chi connectivity index (χ1) is 14.8. The summed E-state index contributed by atoms with van der Waals surface area (Å²) in [7, 11) is -3.71. The fraction of sp³-hybridized carbons (Fsp3) is 0.130. The second-order valence-electron chi connectivity index (χ2n) is 7.03. The summed E-state index contributed by atoms with van der Waals surface area (Å²) in [6.07, 6.45) is -0.162. The average molecular weight is 437 g/mol. The zero-order valence-corrected chi connectivity index (χ0v) is 17.4. The first kappa shape index (κ1) is 20.8. The highest BCUT2D eigenvalue weighted by Crippen LogP contribution is 2.26. The van der Waals surface area contributed by atoms with E-state index in [1.807, 2.05) is 19.1 Å². The predicted octanol–water partition coefficient (Wildman–Crippen LogP) is 3.53. The van der Waals surface area contributed by atoms with Crippen LogP contribution in [-0.2, 0) is 14.8 Å². The minimum atomic E-state index is -3.71. The topological polar surface area (TPSA) is 103 Å². The molecule has 0 saturated carbocycles. The molecule has 1 heterocycles. The van der Waals surface area contributed by atoms with E-state index in [4.69, 9.17) is 9.15 Å². The van der Waals surface area contributed by atoms with Gasteiger partial charge in [-0.1, -0.05) is 35.9 Å². The number of esters is 1. The van der Waals surface area contributed by atoms with E-state index in [0.717, 1.165) is 16.3 Å². The fourth-order valence-electron chi connectivity index (χ4n) is 3.19. The number of nitrogens with one attached hydrogen (secondary N) is 1. The van der Waals surface area contributed by atoms with Crippen LogP contribution in [-0.4, -0.2) is 20.9 Å². The van der Waals surface area contributed by atoms with Crippen molar-refractivity contribution in [2.75, 3.05) is 6.54 Å². The molecule has 1 aromatic heterocycles. The Hall–Kier alpha value is -3.49. The molecule has 0 aliphatic heterocycles. The lowest BCUT2D eigenvalue weighted by molar-refractivity contribution is -0.134. The Morgan fingerprint density at radius 3 is 2.42 bits per heavy atom. The summed E-state index contributed by atoms with van der Waals surface area (Å²) in [6, 6.07) is 18.3. The Labute approximate surface area is 178 Å².